The molecule has 0 aromatic heterocycles. The van der Waals surface area contributed by atoms with E-state index in [9.17, 15) is 0 Å². The summed E-state index contributed by atoms with van der Waals surface area (Å²) in [6.07, 6.45) is 7.30. The van der Waals surface area contributed by atoms with Crippen molar-refractivity contribution < 1.29 is 4.74 Å². The Balaban J connectivity index is 2.12. The molecule has 0 saturated heterocycles. The number of hydrogen-bond donors (Lipinski definition) is 0. The molecular formula is C12H13Cl3O. The van der Waals surface area contributed by atoms with E-state index in [0.29, 0.717) is 0 Å². The van der Waals surface area contributed by atoms with Gasteiger partial charge in [0.05, 0.1) is 12.5 Å². The number of hydrogen-bond acceptors (Lipinski definition) is 1. The summed E-state index contributed by atoms with van der Waals surface area (Å²) in [4.78, 5) is 0. The standard InChI is InChI=1S/C12H13Cl3O/c1-16-9-5-7-3-2-4-11(7)6-8(10(9)13)12(11,14)15/h3,5,8,10H,2,4,6H2,1H3/t8-,10?,11+/m0/s1. The van der Waals surface area contributed by atoms with Crippen molar-refractivity contribution in [2.75, 3.05) is 7.11 Å². The van der Waals surface area contributed by atoms with Crippen LogP contribution in [-0.4, -0.2) is 16.8 Å². The van der Waals surface area contributed by atoms with Gasteiger partial charge in [0, 0.05) is 11.3 Å². The monoisotopic (exact) mass is 278 g/mol. The first-order valence-corrected chi connectivity index (χ1v) is 6.70. The van der Waals surface area contributed by atoms with Crippen molar-refractivity contribution in [3.63, 3.8) is 0 Å². The Morgan fingerprint density at radius 2 is 2.19 bits per heavy atom. The predicted octanol–water partition coefficient (Wildman–Crippen LogP) is 4.04. The second-order valence-electron chi connectivity index (χ2n) is 4.87. The van der Waals surface area contributed by atoms with Gasteiger partial charge in [0.15, 0.2) is 0 Å². The van der Waals surface area contributed by atoms with Crippen LogP contribution in [0.4, 0.5) is 0 Å². The molecule has 1 fully saturated rings. The van der Waals surface area contributed by atoms with Crippen LogP contribution in [0.3, 0.4) is 0 Å². The first kappa shape index (κ1) is 11.3. The second kappa shape index (κ2) is 3.34. The third-order valence-electron chi connectivity index (χ3n) is 4.32. The molecule has 1 nitrogen and oxygen atoms in total. The number of rotatable bonds is 1. The van der Waals surface area contributed by atoms with Gasteiger partial charge >= 0.3 is 0 Å². The van der Waals surface area contributed by atoms with E-state index in [0.717, 1.165) is 25.0 Å². The maximum Gasteiger partial charge on any atom is 0.132 e. The smallest absolute Gasteiger partial charge is 0.132 e. The average molecular weight is 280 g/mol. The molecule has 88 valence electrons. The Morgan fingerprint density at radius 3 is 2.81 bits per heavy atom. The molecule has 1 unspecified atom stereocenters. The van der Waals surface area contributed by atoms with Crippen molar-refractivity contribution >= 4 is 34.8 Å². The molecule has 4 aliphatic rings. The van der Waals surface area contributed by atoms with Crippen LogP contribution in [0, 0.1) is 11.3 Å². The SMILES string of the molecule is COC1=CC2=CCC[C@@]23C[C@@H](C1Cl)C3(Cl)Cl. The van der Waals surface area contributed by atoms with Gasteiger partial charge in [-0.2, -0.15) is 0 Å². The Kier molecular flexibility index (Phi) is 2.35. The molecule has 0 aromatic rings. The van der Waals surface area contributed by atoms with E-state index in [1.165, 1.54) is 5.57 Å². The van der Waals surface area contributed by atoms with Crippen molar-refractivity contribution in [1.82, 2.24) is 0 Å². The van der Waals surface area contributed by atoms with Gasteiger partial charge in [-0.25, -0.2) is 0 Å². The van der Waals surface area contributed by atoms with Crippen LogP contribution in [0.2, 0.25) is 0 Å². The Labute approximate surface area is 110 Å². The summed E-state index contributed by atoms with van der Waals surface area (Å²) in [5, 5.41) is -0.211. The molecule has 4 aliphatic carbocycles. The summed E-state index contributed by atoms with van der Waals surface area (Å²) in [7, 11) is 1.65. The number of fused-ring (bicyclic) bond motifs is 1. The van der Waals surface area contributed by atoms with Crippen LogP contribution in [0.15, 0.2) is 23.5 Å². The number of allylic oxidation sites excluding steroid dienone is 4. The number of ether oxygens (including phenoxy) is 1. The van der Waals surface area contributed by atoms with Crippen LogP contribution >= 0.6 is 34.8 Å². The van der Waals surface area contributed by atoms with Gasteiger partial charge in [-0.15, -0.1) is 34.8 Å². The molecule has 1 saturated carbocycles. The minimum Gasteiger partial charge on any atom is -0.500 e. The molecule has 16 heavy (non-hydrogen) atoms. The van der Waals surface area contributed by atoms with E-state index >= 15 is 0 Å². The zero-order chi connectivity index (χ0) is 11.6. The van der Waals surface area contributed by atoms with Gasteiger partial charge < -0.3 is 4.74 Å². The highest BCUT2D eigenvalue weighted by Gasteiger charge is 2.69. The maximum absolute atomic E-state index is 6.54. The van der Waals surface area contributed by atoms with Crippen molar-refractivity contribution in [3.8, 4) is 0 Å². The van der Waals surface area contributed by atoms with E-state index in [1.54, 1.807) is 7.11 Å². The molecule has 0 aliphatic heterocycles. The van der Waals surface area contributed by atoms with Gasteiger partial charge in [-0.05, 0) is 30.9 Å². The van der Waals surface area contributed by atoms with Crippen LogP contribution in [0.25, 0.3) is 0 Å². The quantitative estimate of drug-likeness (QED) is 0.658. The predicted molar refractivity (Wildman–Crippen MR) is 67.0 cm³/mol. The van der Waals surface area contributed by atoms with Crippen molar-refractivity contribution in [1.29, 1.82) is 0 Å². The highest BCUT2D eigenvalue weighted by atomic mass is 35.5. The molecule has 3 atom stereocenters. The summed E-state index contributed by atoms with van der Waals surface area (Å²) in [5.74, 6) is 0.887. The molecule has 4 heteroatoms. The summed E-state index contributed by atoms with van der Waals surface area (Å²) in [6.45, 7) is 0. The topological polar surface area (TPSA) is 9.23 Å². The lowest BCUT2D eigenvalue weighted by molar-refractivity contribution is 0.0783. The normalized spacial score (nSPS) is 43.8. The molecule has 2 bridgehead atoms. The van der Waals surface area contributed by atoms with Crippen molar-refractivity contribution in [2.45, 2.75) is 29.0 Å². The lowest BCUT2D eigenvalue weighted by Crippen LogP contribution is -2.58. The Morgan fingerprint density at radius 1 is 1.44 bits per heavy atom. The minimum absolute atomic E-state index is 0.0752. The molecular weight excluding hydrogens is 266 g/mol. The number of halogens is 3. The van der Waals surface area contributed by atoms with Gasteiger partial charge in [0.2, 0.25) is 0 Å². The lowest BCUT2D eigenvalue weighted by atomic mass is 9.58. The maximum atomic E-state index is 6.54. The van der Waals surface area contributed by atoms with Crippen LogP contribution in [0.1, 0.15) is 19.3 Å². The van der Waals surface area contributed by atoms with Gasteiger partial charge in [0.1, 0.15) is 10.1 Å². The van der Waals surface area contributed by atoms with E-state index in [4.69, 9.17) is 39.5 Å². The van der Waals surface area contributed by atoms with E-state index in [-0.39, 0.29) is 16.7 Å². The van der Waals surface area contributed by atoms with E-state index in [2.05, 4.69) is 6.08 Å². The molecule has 0 amide bonds. The third-order valence-corrected chi connectivity index (χ3v) is 6.12. The highest BCUT2D eigenvalue weighted by molar-refractivity contribution is 6.50. The summed E-state index contributed by atoms with van der Waals surface area (Å²) in [6, 6.07) is 0. The molecule has 0 N–H and O–H groups in total. The summed E-state index contributed by atoms with van der Waals surface area (Å²) < 4.78 is 4.61. The van der Waals surface area contributed by atoms with Crippen molar-refractivity contribution in [3.05, 3.63) is 23.5 Å². The van der Waals surface area contributed by atoms with E-state index < -0.39 is 4.33 Å². The van der Waals surface area contributed by atoms with Crippen LogP contribution in [-0.2, 0) is 4.74 Å². The fourth-order valence-corrected chi connectivity index (χ4v) is 4.87. The summed E-state index contributed by atoms with van der Waals surface area (Å²) >= 11 is 19.5. The average Bonchev–Trinajstić information content (AvgIpc) is 2.61. The molecule has 0 heterocycles. The largest absolute Gasteiger partial charge is 0.500 e. The second-order valence-corrected chi connectivity index (χ2v) is 6.72. The Bertz CT molecular complexity index is 399. The van der Waals surface area contributed by atoms with Gasteiger partial charge in [-0.3, -0.25) is 0 Å². The molecule has 0 radical (unpaired) electrons. The molecule has 1 spiro atoms. The van der Waals surface area contributed by atoms with Gasteiger partial charge in [0.25, 0.3) is 0 Å². The first-order valence-electron chi connectivity index (χ1n) is 5.51. The number of methoxy groups -OCH3 is 1. The molecule has 4 rings (SSSR count). The fourth-order valence-electron chi connectivity index (χ4n) is 3.34. The fraction of sp³-hybridized carbons (Fsp3) is 0.667. The van der Waals surface area contributed by atoms with Gasteiger partial charge in [-0.1, -0.05) is 6.08 Å². The van der Waals surface area contributed by atoms with Crippen LogP contribution < -0.4 is 0 Å². The number of alkyl halides is 3. The highest BCUT2D eigenvalue weighted by Crippen LogP contribution is 2.72. The zero-order valence-corrected chi connectivity index (χ0v) is 11.2. The van der Waals surface area contributed by atoms with Crippen molar-refractivity contribution in [2.24, 2.45) is 11.3 Å². The Hall–Kier alpha value is 0.150. The lowest BCUT2D eigenvalue weighted by Gasteiger charge is -2.57. The first-order chi connectivity index (χ1) is 7.53. The minimum atomic E-state index is -0.738. The third kappa shape index (κ3) is 1.10. The molecule has 0 aromatic carbocycles. The summed E-state index contributed by atoms with van der Waals surface area (Å²) in [5.41, 5.74) is 1.14. The van der Waals surface area contributed by atoms with Crippen LogP contribution in [0.5, 0.6) is 0 Å². The van der Waals surface area contributed by atoms with E-state index in [1.807, 2.05) is 6.08 Å². The zero-order valence-electron chi connectivity index (χ0n) is 8.97.